The van der Waals surface area contributed by atoms with Gasteiger partial charge in [-0.3, -0.25) is 0 Å². The molecule has 0 unspecified atom stereocenters. The minimum atomic E-state index is 0.664. The third-order valence-electron chi connectivity index (χ3n) is 4.04. The molecule has 1 aliphatic carbocycles. The molecule has 4 rings (SSSR count). The second kappa shape index (κ2) is 3.51. The second-order valence-electron chi connectivity index (χ2n) is 5.09. The number of fused-ring (bicyclic) bond motifs is 5. The molecule has 0 aliphatic heterocycles. The van der Waals surface area contributed by atoms with Crippen LogP contribution in [0.4, 0.5) is 11.4 Å². The van der Waals surface area contributed by atoms with Crippen molar-refractivity contribution in [2.24, 2.45) is 0 Å². The largest absolute Gasteiger partial charge is 0.397 e. The van der Waals surface area contributed by atoms with Crippen molar-refractivity contribution in [2.45, 2.75) is 6.42 Å². The van der Waals surface area contributed by atoms with E-state index in [1.54, 1.807) is 0 Å². The minimum absolute atomic E-state index is 0.664. The van der Waals surface area contributed by atoms with Crippen molar-refractivity contribution in [1.29, 1.82) is 0 Å². The maximum Gasteiger partial charge on any atom is 0.0630 e. The molecule has 0 fully saturated rings. The molecule has 0 radical (unpaired) electrons. The van der Waals surface area contributed by atoms with Gasteiger partial charge in [0.05, 0.1) is 11.4 Å². The highest BCUT2D eigenvalue weighted by atomic mass is 14.7. The van der Waals surface area contributed by atoms with E-state index in [-0.39, 0.29) is 0 Å². The van der Waals surface area contributed by atoms with Crippen LogP contribution in [0.15, 0.2) is 48.5 Å². The molecule has 0 spiro atoms. The quantitative estimate of drug-likeness (QED) is 0.466. The fraction of sp³-hybridized carbons (Fsp3) is 0.0588. The molecule has 0 atom stereocenters. The van der Waals surface area contributed by atoms with E-state index in [1.165, 1.54) is 27.6 Å². The van der Waals surface area contributed by atoms with Gasteiger partial charge < -0.3 is 11.5 Å². The van der Waals surface area contributed by atoms with E-state index in [1.807, 2.05) is 12.1 Å². The first-order valence-corrected chi connectivity index (χ1v) is 6.43. The third-order valence-corrected chi connectivity index (χ3v) is 4.04. The Morgan fingerprint density at radius 2 is 1.58 bits per heavy atom. The van der Waals surface area contributed by atoms with Crippen LogP contribution in [-0.2, 0) is 6.42 Å². The predicted molar refractivity (Wildman–Crippen MR) is 81.0 cm³/mol. The van der Waals surface area contributed by atoms with Crippen LogP contribution >= 0.6 is 0 Å². The zero-order chi connectivity index (χ0) is 13.0. The molecule has 2 nitrogen and oxygen atoms in total. The van der Waals surface area contributed by atoms with Gasteiger partial charge in [-0.25, -0.2) is 0 Å². The standard InChI is InChI=1S/C17H14N2/c18-15-8-6-10-5-7-13-12-4-2-1-3-11(12)9-14(13)16(10)17(15)19/h1-8H,9,18-19H2. The Morgan fingerprint density at radius 3 is 2.47 bits per heavy atom. The first kappa shape index (κ1) is 10.4. The highest BCUT2D eigenvalue weighted by Crippen LogP contribution is 2.42. The molecular formula is C17H14N2. The number of nitrogens with two attached hydrogens (primary N) is 2. The number of anilines is 2. The Hall–Kier alpha value is -2.48. The van der Waals surface area contributed by atoms with Crippen molar-refractivity contribution in [2.75, 3.05) is 11.5 Å². The number of benzene rings is 3. The van der Waals surface area contributed by atoms with Crippen LogP contribution in [0.3, 0.4) is 0 Å². The summed E-state index contributed by atoms with van der Waals surface area (Å²) in [5.74, 6) is 0. The summed E-state index contributed by atoms with van der Waals surface area (Å²) < 4.78 is 0. The number of hydrogen-bond donors (Lipinski definition) is 2. The van der Waals surface area contributed by atoms with Crippen molar-refractivity contribution < 1.29 is 0 Å². The monoisotopic (exact) mass is 246 g/mol. The van der Waals surface area contributed by atoms with E-state index in [0.29, 0.717) is 11.4 Å². The van der Waals surface area contributed by atoms with Crippen molar-refractivity contribution >= 4 is 22.1 Å². The Bertz CT molecular complexity index is 819. The van der Waals surface area contributed by atoms with Gasteiger partial charge in [-0.2, -0.15) is 0 Å². The smallest absolute Gasteiger partial charge is 0.0630 e. The normalized spacial score (nSPS) is 12.4. The Kier molecular flexibility index (Phi) is 1.93. The molecule has 2 heteroatoms. The summed E-state index contributed by atoms with van der Waals surface area (Å²) in [7, 11) is 0. The van der Waals surface area contributed by atoms with Gasteiger partial charge in [-0.15, -0.1) is 0 Å². The van der Waals surface area contributed by atoms with Crippen LogP contribution in [0.5, 0.6) is 0 Å². The van der Waals surface area contributed by atoms with Crippen LogP contribution in [0.2, 0.25) is 0 Å². The third kappa shape index (κ3) is 1.31. The first-order chi connectivity index (χ1) is 9.25. The summed E-state index contributed by atoms with van der Waals surface area (Å²) in [6, 6.07) is 16.8. The lowest BCUT2D eigenvalue weighted by atomic mass is 9.97. The topological polar surface area (TPSA) is 52.0 Å². The summed E-state index contributed by atoms with van der Waals surface area (Å²) >= 11 is 0. The van der Waals surface area contributed by atoms with Gasteiger partial charge in [0, 0.05) is 5.39 Å². The van der Waals surface area contributed by atoms with Crippen molar-refractivity contribution in [3.8, 4) is 11.1 Å². The lowest BCUT2D eigenvalue weighted by Crippen LogP contribution is -1.97. The fourth-order valence-corrected chi connectivity index (χ4v) is 3.10. The van der Waals surface area contributed by atoms with Crippen LogP contribution in [0.1, 0.15) is 11.1 Å². The SMILES string of the molecule is Nc1ccc2ccc3c(c2c1N)Cc1ccccc1-3. The molecule has 92 valence electrons. The van der Waals surface area contributed by atoms with Crippen LogP contribution in [0.25, 0.3) is 21.9 Å². The van der Waals surface area contributed by atoms with Gasteiger partial charge >= 0.3 is 0 Å². The molecule has 3 aromatic rings. The molecule has 19 heavy (non-hydrogen) atoms. The van der Waals surface area contributed by atoms with E-state index >= 15 is 0 Å². The van der Waals surface area contributed by atoms with E-state index in [4.69, 9.17) is 11.5 Å². The summed E-state index contributed by atoms with van der Waals surface area (Å²) in [6.07, 6.45) is 0.941. The van der Waals surface area contributed by atoms with E-state index in [2.05, 4.69) is 36.4 Å². The summed E-state index contributed by atoms with van der Waals surface area (Å²) in [5, 5.41) is 2.28. The molecule has 4 N–H and O–H groups in total. The second-order valence-corrected chi connectivity index (χ2v) is 5.09. The lowest BCUT2D eigenvalue weighted by molar-refractivity contribution is 1.28. The van der Waals surface area contributed by atoms with Gasteiger partial charge in [0.25, 0.3) is 0 Å². The molecular weight excluding hydrogens is 232 g/mol. The van der Waals surface area contributed by atoms with Gasteiger partial charge in [-0.1, -0.05) is 42.5 Å². The number of nitrogen functional groups attached to an aromatic ring is 2. The predicted octanol–water partition coefficient (Wildman–Crippen LogP) is 3.58. The van der Waals surface area contributed by atoms with Crippen molar-refractivity contribution in [1.82, 2.24) is 0 Å². The number of hydrogen-bond acceptors (Lipinski definition) is 2. The molecule has 0 aromatic heterocycles. The van der Waals surface area contributed by atoms with Crippen LogP contribution < -0.4 is 11.5 Å². The number of rotatable bonds is 0. The summed E-state index contributed by atoms with van der Waals surface area (Å²) in [6.45, 7) is 0. The molecule has 0 amide bonds. The van der Waals surface area contributed by atoms with E-state index in [0.717, 1.165) is 11.8 Å². The Morgan fingerprint density at radius 1 is 0.789 bits per heavy atom. The van der Waals surface area contributed by atoms with Gasteiger partial charge in [0.15, 0.2) is 0 Å². The summed E-state index contributed by atoms with van der Waals surface area (Å²) in [4.78, 5) is 0. The Labute approximate surface area is 111 Å². The van der Waals surface area contributed by atoms with E-state index in [9.17, 15) is 0 Å². The van der Waals surface area contributed by atoms with Gasteiger partial charge in [0.2, 0.25) is 0 Å². The van der Waals surface area contributed by atoms with Gasteiger partial charge in [-0.05, 0) is 40.1 Å². The van der Waals surface area contributed by atoms with Gasteiger partial charge in [0.1, 0.15) is 0 Å². The van der Waals surface area contributed by atoms with E-state index < -0.39 is 0 Å². The average molecular weight is 246 g/mol. The zero-order valence-electron chi connectivity index (χ0n) is 10.5. The molecule has 0 saturated carbocycles. The molecule has 0 bridgehead atoms. The maximum absolute atomic E-state index is 6.20. The highest BCUT2D eigenvalue weighted by Gasteiger charge is 2.21. The maximum atomic E-state index is 6.20. The average Bonchev–Trinajstić information content (AvgIpc) is 2.81. The van der Waals surface area contributed by atoms with Crippen molar-refractivity contribution in [3.63, 3.8) is 0 Å². The summed E-state index contributed by atoms with van der Waals surface area (Å²) in [5.41, 5.74) is 18.8. The fourth-order valence-electron chi connectivity index (χ4n) is 3.10. The highest BCUT2D eigenvalue weighted by molar-refractivity contribution is 6.05. The first-order valence-electron chi connectivity index (χ1n) is 6.43. The lowest BCUT2D eigenvalue weighted by Gasteiger charge is -2.10. The Balaban J connectivity index is 2.13. The molecule has 0 saturated heterocycles. The molecule has 3 aromatic carbocycles. The molecule has 0 heterocycles. The van der Waals surface area contributed by atoms with Crippen molar-refractivity contribution in [3.05, 3.63) is 59.7 Å². The van der Waals surface area contributed by atoms with Crippen LogP contribution in [-0.4, -0.2) is 0 Å². The molecule has 1 aliphatic rings. The van der Waals surface area contributed by atoms with Crippen LogP contribution in [0, 0.1) is 0 Å². The zero-order valence-corrected chi connectivity index (χ0v) is 10.5. The minimum Gasteiger partial charge on any atom is -0.397 e.